The average Bonchev–Trinajstić information content (AvgIpc) is 3.22. The maximum absolute atomic E-state index is 13.3. The number of rotatable bonds is 6. The third-order valence-corrected chi connectivity index (χ3v) is 6.45. The van der Waals surface area contributed by atoms with Gasteiger partial charge in [-0.05, 0) is 44.9 Å². The van der Waals surface area contributed by atoms with Gasteiger partial charge in [0.15, 0.2) is 15.8 Å². The van der Waals surface area contributed by atoms with Crippen molar-refractivity contribution in [1.82, 2.24) is 10.3 Å². The van der Waals surface area contributed by atoms with Gasteiger partial charge in [-0.1, -0.05) is 35.1 Å². The van der Waals surface area contributed by atoms with Crippen molar-refractivity contribution < 1.29 is 19.1 Å². The number of morpholine rings is 1. The van der Waals surface area contributed by atoms with E-state index in [4.69, 9.17) is 21.1 Å². The molecule has 1 aromatic carbocycles. The first-order chi connectivity index (χ1) is 16.1. The fourth-order valence-corrected chi connectivity index (χ4v) is 4.39. The van der Waals surface area contributed by atoms with Gasteiger partial charge in [0, 0.05) is 18.1 Å². The lowest BCUT2D eigenvalue weighted by Crippen LogP contribution is -2.42. The minimum Gasteiger partial charge on any atom is -0.444 e. The minimum atomic E-state index is -0.701. The van der Waals surface area contributed by atoms with Crippen LogP contribution in [0.5, 0.6) is 0 Å². The topological polar surface area (TPSA) is 108 Å². The van der Waals surface area contributed by atoms with Gasteiger partial charge in [-0.2, -0.15) is 5.26 Å². The van der Waals surface area contributed by atoms with Crippen LogP contribution in [0.4, 0.5) is 15.7 Å². The Hall–Kier alpha value is -2.87. The summed E-state index contributed by atoms with van der Waals surface area (Å²) in [5.41, 5.74) is 0.938. The standard InChI is InChI=1S/C23H28ClN5O4S/c1-15-16(6-5-7-17(15)24)14-29(19(30)13-26-22(31)33-23(2,3)4)20-18(12-25)34-21(27-20)28-8-10-32-11-9-28/h5-7H,8-11,13-14H2,1-4H3,(H,26,31). The Kier molecular flexibility index (Phi) is 8.36. The highest BCUT2D eigenvalue weighted by Crippen LogP contribution is 2.33. The van der Waals surface area contributed by atoms with Crippen LogP contribution >= 0.6 is 22.9 Å². The number of nitriles is 1. The Morgan fingerprint density at radius 3 is 2.71 bits per heavy atom. The molecule has 34 heavy (non-hydrogen) atoms. The maximum Gasteiger partial charge on any atom is 0.408 e. The molecular weight excluding hydrogens is 478 g/mol. The van der Waals surface area contributed by atoms with Crippen molar-refractivity contribution in [3.8, 4) is 6.07 Å². The molecular formula is C23H28ClN5O4S. The molecule has 0 atom stereocenters. The number of benzene rings is 1. The van der Waals surface area contributed by atoms with Gasteiger partial charge in [0.25, 0.3) is 0 Å². The number of hydrogen-bond donors (Lipinski definition) is 1. The van der Waals surface area contributed by atoms with Crippen LogP contribution in [-0.2, 0) is 20.8 Å². The largest absolute Gasteiger partial charge is 0.444 e. The summed E-state index contributed by atoms with van der Waals surface area (Å²) in [5.74, 6) is -0.176. The van der Waals surface area contributed by atoms with Crippen LogP contribution in [0.1, 0.15) is 36.8 Å². The van der Waals surface area contributed by atoms with Crippen LogP contribution < -0.4 is 15.1 Å². The predicted molar refractivity (Wildman–Crippen MR) is 131 cm³/mol. The van der Waals surface area contributed by atoms with Gasteiger partial charge in [0.2, 0.25) is 5.91 Å². The second kappa shape index (κ2) is 11.0. The molecule has 1 aromatic heterocycles. The molecule has 2 aromatic rings. The Bertz CT molecular complexity index is 1090. The molecule has 1 aliphatic rings. The van der Waals surface area contributed by atoms with Crippen LogP contribution in [0.3, 0.4) is 0 Å². The van der Waals surface area contributed by atoms with Crippen LogP contribution in [0.15, 0.2) is 18.2 Å². The zero-order chi connectivity index (χ0) is 24.9. The number of aromatic nitrogens is 1. The first-order valence-corrected chi connectivity index (χ1v) is 12.0. The highest BCUT2D eigenvalue weighted by atomic mass is 35.5. The molecule has 0 saturated carbocycles. The molecule has 0 radical (unpaired) electrons. The number of amides is 2. The highest BCUT2D eigenvalue weighted by molar-refractivity contribution is 7.16. The van der Waals surface area contributed by atoms with E-state index in [1.54, 1.807) is 32.9 Å². The van der Waals surface area contributed by atoms with E-state index in [-0.39, 0.29) is 18.9 Å². The number of alkyl carbamates (subject to hydrolysis) is 1. The van der Waals surface area contributed by atoms with Crippen molar-refractivity contribution in [2.24, 2.45) is 0 Å². The van der Waals surface area contributed by atoms with E-state index < -0.39 is 17.6 Å². The number of carbonyl (C=O) groups excluding carboxylic acids is 2. The molecule has 0 bridgehead atoms. The number of nitrogens with one attached hydrogen (secondary N) is 1. The zero-order valence-electron chi connectivity index (χ0n) is 19.7. The number of ether oxygens (including phenoxy) is 2. The van der Waals surface area contributed by atoms with E-state index in [2.05, 4.69) is 16.4 Å². The van der Waals surface area contributed by atoms with Crippen LogP contribution in [0.2, 0.25) is 5.02 Å². The van der Waals surface area contributed by atoms with Crippen molar-refractivity contribution in [2.45, 2.75) is 39.8 Å². The summed E-state index contributed by atoms with van der Waals surface area (Å²) < 4.78 is 10.6. The minimum absolute atomic E-state index is 0.141. The molecule has 182 valence electrons. The number of nitrogens with zero attached hydrogens (tertiary/aromatic N) is 4. The lowest BCUT2D eigenvalue weighted by Gasteiger charge is -2.26. The Morgan fingerprint density at radius 1 is 1.35 bits per heavy atom. The van der Waals surface area contributed by atoms with E-state index in [0.29, 0.717) is 41.3 Å². The van der Waals surface area contributed by atoms with Gasteiger partial charge < -0.3 is 19.7 Å². The smallest absolute Gasteiger partial charge is 0.408 e. The normalized spacial score (nSPS) is 13.8. The van der Waals surface area contributed by atoms with Gasteiger partial charge in [0.05, 0.1) is 19.8 Å². The molecule has 1 aliphatic heterocycles. The third-order valence-electron chi connectivity index (χ3n) is 5.03. The van der Waals surface area contributed by atoms with Crippen molar-refractivity contribution in [1.29, 1.82) is 5.26 Å². The summed E-state index contributed by atoms with van der Waals surface area (Å²) in [6, 6.07) is 7.61. The van der Waals surface area contributed by atoms with E-state index in [0.717, 1.165) is 11.1 Å². The van der Waals surface area contributed by atoms with Crippen LogP contribution in [-0.4, -0.2) is 55.4 Å². The van der Waals surface area contributed by atoms with Crippen molar-refractivity contribution >= 4 is 45.9 Å². The first kappa shape index (κ1) is 25.7. The molecule has 0 unspecified atom stereocenters. The second-order valence-electron chi connectivity index (χ2n) is 8.72. The Balaban J connectivity index is 1.90. The fraction of sp³-hybridized carbons (Fsp3) is 0.478. The molecule has 2 heterocycles. The third kappa shape index (κ3) is 6.59. The monoisotopic (exact) mass is 505 g/mol. The number of carbonyl (C=O) groups is 2. The summed E-state index contributed by atoms with van der Waals surface area (Å²) in [4.78, 5) is 33.8. The molecule has 2 amide bonds. The number of anilines is 2. The molecule has 1 fully saturated rings. The van der Waals surface area contributed by atoms with Gasteiger partial charge in [-0.3, -0.25) is 9.69 Å². The second-order valence-corrected chi connectivity index (χ2v) is 10.1. The van der Waals surface area contributed by atoms with Crippen molar-refractivity contribution in [3.05, 3.63) is 39.2 Å². The molecule has 11 heteroatoms. The molecule has 9 nitrogen and oxygen atoms in total. The summed E-state index contributed by atoms with van der Waals surface area (Å²) in [7, 11) is 0. The van der Waals surface area contributed by atoms with Crippen LogP contribution in [0, 0.1) is 18.3 Å². The number of halogens is 1. The SMILES string of the molecule is Cc1c(Cl)cccc1CN(C(=O)CNC(=O)OC(C)(C)C)c1nc(N2CCOCC2)sc1C#N. The molecule has 1 saturated heterocycles. The summed E-state index contributed by atoms with van der Waals surface area (Å²) in [5, 5.41) is 13.5. The highest BCUT2D eigenvalue weighted by Gasteiger charge is 2.27. The molecule has 0 aliphatic carbocycles. The Morgan fingerprint density at radius 2 is 2.06 bits per heavy atom. The molecule has 0 spiro atoms. The first-order valence-electron chi connectivity index (χ1n) is 10.8. The molecule has 3 rings (SSSR count). The van der Waals surface area contributed by atoms with E-state index >= 15 is 0 Å². The van der Waals surface area contributed by atoms with E-state index in [1.807, 2.05) is 17.9 Å². The molecule has 1 N–H and O–H groups in total. The van der Waals surface area contributed by atoms with Gasteiger partial charge in [-0.25, -0.2) is 9.78 Å². The average molecular weight is 506 g/mol. The predicted octanol–water partition coefficient (Wildman–Crippen LogP) is 3.87. The van der Waals surface area contributed by atoms with Crippen molar-refractivity contribution in [2.75, 3.05) is 42.6 Å². The van der Waals surface area contributed by atoms with Gasteiger partial charge >= 0.3 is 6.09 Å². The maximum atomic E-state index is 13.3. The Labute approximate surface area is 208 Å². The van der Waals surface area contributed by atoms with Crippen molar-refractivity contribution in [3.63, 3.8) is 0 Å². The lowest BCUT2D eigenvalue weighted by molar-refractivity contribution is -0.118. The summed E-state index contributed by atoms with van der Waals surface area (Å²) >= 11 is 7.52. The number of thiazole rings is 1. The van der Waals surface area contributed by atoms with E-state index in [1.165, 1.54) is 16.2 Å². The van der Waals surface area contributed by atoms with Gasteiger partial charge in [0.1, 0.15) is 18.2 Å². The fourth-order valence-electron chi connectivity index (χ4n) is 3.28. The summed E-state index contributed by atoms with van der Waals surface area (Å²) in [6.07, 6.45) is -0.701. The zero-order valence-corrected chi connectivity index (χ0v) is 21.3. The van der Waals surface area contributed by atoms with Gasteiger partial charge in [-0.15, -0.1) is 0 Å². The lowest BCUT2D eigenvalue weighted by atomic mass is 10.1. The number of hydrogen-bond acceptors (Lipinski definition) is 8. The quantitative estimate of drug-likeness (QED) is 0.634. The van der Waals surface area contributed by atoms with Crippen LogP contribution in [0.25, 0.3) is 0 Å². The summed E-state index contributed by atoms with van der Waals surface area (Å²) in [6.45, 7) is 9.36. The van der Waals surface area contributed by atoms with E-state index in [9.17, 15) is 14.9 Å².